The highest BCUT2D eigenvalue weighted by molar-refractivity contribution is 6.26. The number of carbonyl (C=O) groups excluding carboxylic acids is 4. The third kappa shape index (κ3) is 1.83. The molecule has 0 aromatic heterocycles. The van der Waals surface area contributed by atoms with E-state index in [0.717, 1.165) is 20.3 Å². The molecule has 1 atom stereocenters. The van der Waals surface area contributed by atoms with E-state index in [1.54, 1.807) is 0 Å². The van der Waals surface area contributed by atoms with Crippen molar-refractivity contribution in [1.29, 1.82) is 0 Å². The van der Waals surface area contributed by atoms with E-state index in [-0.39, 0.29) is 6.42 Å². The van der Waals surface area contributed by atoms with Gasteiger partial charge in [-0.2, -0.15) is 0 Å². The number of carbonyl (C=O) groups is 4. The van der Waals surface area contributed by atoms with Crippen LogP contribution in [0.1, 0.15) is 13.3 Å². The Morgan fingerprint density at radius 1 is 1.22 bits per heavy atom. The van der Waals surface area contributed by atoms with Crippen molar-refractivity contribution < 1.29 is 28.7 Å². The summed E-state index contributed by atoms with van der Waals surface area (Å²) >= 11 is 0. The zero-order valence-corrected chi connectivity index (χ0v) is 10.4. The summed E-state index contributed by atoms with van der Waals surface area (Å²) in [6, 6.07) is 0. The van der Waals surface area contributed by atoms with Gasteiger partial charge < -0.3 is 9.47 Å². The minimum absolute atomic E-state index is 0.116. The molecule has 0 bridgehead atoms. The molecule has 6 nitrogen and oxygen atoms in total. The minimum Gasteiger partial charge on any atom is -0.468 e. The van der Waals surface area contributed by atoms with Gasteiger partial charge in [-0.1, -0.05) is 6.08 Å². The molecule has 0 aromatic rings. The fourth-order valence-corrected chi connectivity index (χ4v) is 2.15. The molecule has 0 aromatic carbocycles. The maximum Gasteiger partial charge on any atom is 0.332 e. The van der Waals surface area contributed by atoms with Crippen LogP contribution in [0.5, 0.6) is 0 Å². The average Bonchev–Trinajstić information content (AvgIpc) is 2.36. The number of methoxy groups -OCH3 is 2. The first kappa shape index (κ1) is 14.1. The molecule has 0 aliphatic heterocycles. The molecule has 0 N–H and O–H groups in total. The fraction of sp³-hybridized carbons (Fsp3) is 0.500. The lowest BCUT2D eigenvalue weighted by molar-refractivity contribution is -0.177. The lowest BCUT2D eigenvalue weighted by Gasteiger charge is -2.33. The molecule has 0 saturated heterocycles. The zero-order chi connectivity index (χ0) is 13.9. The third-order valence-corrected chi connectivity index (χ3v) is 3.06. The molecule has 98 valence electrons. The van der Waals surface area contributed by atoms with E-state index in [1.165, 1.54) is 13.0 Å². The van der Waals surface area contributed by atoms with Crippen LogP contribution in [0.2, 0.25) is 0 Å². The summed E-state index contributed by atoms with van der Waals surface area (Å²) in [5.41, 5.74) is -2.20. The van der Waals surface area contributed by atoms with Crippen LogP contribution in [0, 0.1) is 11.3 Å². The second-order valence-electron chi connectivity index (χ2n) is 3.96. The standard InChI is InChI=1S/C12H14O6/c1-7(13)8-5-4-6-9(14)12(8,10(15)17-2)11(16)18-3/h4,6,8H,5H2,1-3H3. The Bertz CT molecular complexity index is 418. The third-order valence-electron chi connectivity index (χ3n) is 3.06. The average molecular weight is 254 g/mol. The van der Waals surface area contributed by atoms with Gasteiger partial charge in [0.15, 0.2) is 5.78 Å². The number of Topliss-reactive ketones (excluding diaryl/α,β-unsaturated/α-hetero) is 1. The summed E-state index contributed by atoms with van der Waals surface area (Å²) in [6.45, 7) is 1.22. The van der Waals surface area contributed by atoms with E-state index in [9.17, 15) is 19.2 Å². The molecule has 1 aliphatic rings. The first-order valence-corrected chi connectivity index (χ1v) is 5.31. The van der Waals surface area contributed by atoms with Crippen molar-refractivity contribution in [1.82, 2.24) is 0 Å². The Labute approximate surface area is 104 Å². The Kier molecular flexibility index (Phi) is 4.00. The van der Waals surface area contributed by atoms with E-state index in [0.29, 0.717) is 0 Å². The maximum atomic E-state index is 12.0. The Morgan fingerprint density at radius 3 is 2.11 bits per heavy atom. The van der Waals surface area contributed by atoms with Crippen LogP contribution in [-0.4, -0.2) is 37.7 Å². The zero-order valence-electron chi connectivity index (χ0n) is 10.4. The molecular weight excluding hydrogens is 240 g/mol. The number of esters is 2. The molecule has 6 heteroatoms. The monoisotopic (exact) mass is 254 g/mol. The Hall–Kier alpha value is -1.98. The fourth-order valence-electron chi connectivity index (χ4n) is 2.15. The van der Waals surface area contributed by atoms with Crippen LogP contribution in [-0.2, 0) is 28.7 Å². The van der Waals surface area contributed by atoms with Gasteiger partial charge in [-0.3, -0.25) is 19.2 Å². The molecule has 0 saturated carbocycles. The number of ether oxygens (including phenoxy) is 2. The predicted molar refractivity (Wildman–Crippen MR) is 59.4 cm³/mol. The van der Waals surface area contributed by atoms with Crippen LogP contribution in [0.15, 0.2) is 12.2 Å². The highest BCUT2D eigenvalue weighted by Gasteiger charge is 2.61. The molecule has 0 heterocycles. The number of allylic oxidation sites excluding steroid dienone is 2. The van der Waals surface area contributed by atoms with E-state index < -0.39 is 34.8 Å². The lowest BCUT2D eigenvalue weighted by Crippen LogP contribution is -2.55. The van der Waals surface area contributed by atoms with Gasteiger partial charge in [0.05, 0.1) is 20.1 Å². The van der Waals surface area contributed by atoms with E-state index >= 15 is 0 Å². The van der Waals surface area contributed by atoms with Gasteiger partial charge in [0.2, 0.25) is 5.41 Å². The van der Waals surface area contributed by atoms with E-state index in [2.05, 4.69) is 9.47 Å². The number of hydrogen-bond acceptors (Lipinski definition) is 6. The molecule has 1 aliphatic carbocycles. The molecule has 18 heavy (non-hydrogen) atoms. The summed E-state index contributed by atoms with van der Waals surface area (Å²) in [5.74, 6) is -4.45. The predicted octanol–water partition coefficient (Wildman–Crippen LogP) is 0.0530. The van der Waals surface area contributed by atoms with Crippen LogP contribution >= 0.6 is 0 Å². The SMILES string of the molecule is COC(=O)C1(C(=O)OC)C(=O)C=CCC1C(C)=O. The van der Waals surface area contributed by atoms with Gasteiger partial charge in [0.25, 0.3) is 0 Å². The molecular formula is C12H14O6. The second-order valence-corrected chi connectivity index (χ2v) is 3.96. The van der Waals surface area contributed by atoms with Crippen molar-refractivity contribution in [3.63, 3.8) is 0 Å². The van der Waals surface area contributed by atoms with Crippen molar-refractivity contribution in [2.45, 2.75) is 13.3 Å². The summed E-state index contributed by atoms with van der Waals surface area (Å²) in [5, 5.41) is 0. The molecule has 0 amide bonds. The molecule has 0 radical (unpaired) electrons. The van der Waals surface area contributed by atoms with Gasteiger partial charge in [-0.25, -0.2) is 0 Å². The van der Waals surface area contributed by atoms with Gasteiger partial charge >= 0.3 is 11.9 Å². The Morgan fingerprint density at radius 2 is 1.72 bits per heavy atom. The normalized spacial score (nSPS) is 21.3. The first-order valence-electron chi connectivity index (χ1n) is 5.31. The second kappa shape index (κ2) is 5.12. The largest absolute Gasteiger partial charge is 0.468 e. The van der Waals surface area contributed by atoms with Crippen LogP contribution < -0.4 is 0 Å². The topological polar surface area (TPSA) is 86.7 Å². The van der Waals surface area contributed by atoms with Crippen molar-refractivity contribution in [3.05, 3.63) is 12.2 Å². The number of rotatable bonds is 3. The van der Waals surface area contributed by atoms with Crippen molar-refractivity contribution in [2.75, 3.05) is 14.2 Å². The summed E-state index contributed by atoms with van der Waals surface area (Å²) in [4.78, 5) is 47.4. The summed E-state index contributed by atoms with van der Waals surface area (Å²) in [6.07, 6.45) is 2.68. The highest BCUT2D eigenvalue weighted by atomic mass is 16.5. The highest BCUT2D eigenvalue weighted by Crippen LogP contribution is 2.38. The minimum atomic E-state index is -2.20. The number of hydrogen-bond donors (Lipinski definition) is 0. The van der Waals surface area contributed by atoms with E-state index in [1.807, 2.05) is 0 Å². The molecule has 0 fully saturated rings. The van der Waals surface area contributed by atoms with Crippen LogP contribution in [0.3, 0.4) is 0 Å². The van der Waals surface area contributed by atoms with Crippen molar-refractivity contribution >= 4 is 23.5 Å². The summed E-state index contributed by atoms with van der Waals surface area (Å²) in [7, 11) is 2.10. The van der Waals surface area contributed by atoms with Crippen molar-refractivity contribution in [3.8, 4) is 0 Å². The smallest absolute Gasteiger partial charge is 0.332 e. The Balaban J connectivity index is 3.48. The van der Waals surface area contributed by atoms with Gasteiger partial charge in [-0.05, 0) is 19.4 Å². The van der Waals surface area contributed by atoms with Crippen molar-refractivity contribution in [2.24, 2.45) is 11.3 Å². The first-order chi connectivity index (χ1) is 8.42. The molecule has 1 rings (SSSR count). The molecule has 1 unspecified atom stereocenters. The lowest BCUT2D eigenvalue weighted by atomic mass is 9.66. The summed E-state index contributed by atoms with van der Waals surface area (Å²) < 4.78 is 9.04. The van der Waals surface area contributed by atoms with Gasteiger partial charge in [0.1, 0.15) is 5.78 Å². The van der Waals surface area contributed by atoms with Gasteiger partial charge in [-0.15, -0.1) is 0 Å². The quantitative estimate of drug-likeness (QED) is 0.522. The molecule has 0 spiro atoms. The van der Waals surface area contributed by atoms with Crippen LogP contribution in [0.25, 0.3) is 0 Å². The number of ketones is 2. The van der Waals surface area contributed by atoms with E-state index in [4.69, 9.17) is 0 Å². The maximum absolute atomic E-state index is 12.0. The van der Waals surface area contributed by atoms with Crippen LogP contribution in [0.4, 0.5) is 0 Å². The van der Waals surface area contributed by atoms with Gasteiger partial charge in [0, 0.05) is 0 Å².